The molecule has 3 rings (SSSR count). The lowest BCUT2D eigenvalue weighted by molar-refractivity contribution is 0.337. The van der Waals surface area contributed by atoms with Crippen molar-refractivity contribution in [3.8, 4) is 5.75 Å². The van der Waals surface area contributed by atoms with E-state index in [0.717, 1.165) is 27.7 Å². The molecule has 0 spiro atoms. The van der Waals surface area contributed by atoms with Gasteiger partial charge in [0.25, 0.3) is 0 Å². The Kier molecular flexibility index (Phi) is 4.31. The fourth-order valence-corrected chi connectivity index (χ4v) is 3.07. The summed E-state index contributed by atoms with van der Waals surface area (Å²) in [6.45, 7) is 3.29. The van der Waals surface area contributed by atoms with Crippen LogP contribution in [0.4, 0.5) is 5.69 Å². The Morgan fingerprint density at radius 2 is 2.33 bits per heavy atom. The number of fused-ring (bicyclic) bond motifs is 1. The number of imidazole rings is 1. The van der Waals surface area contributed by atoms with E-state index in [9.17, 15) is 0 Å². The number of benzene rings is 1. The summed E-state index contributed by atoms with van der Waals surface area (Å²) in [5, 5.41) is 5.40. The lowest BCUT2D eigenvalue weighted by atomic mass is 10.2. The molecule has 4 nitrogen and oxygen atoms in total. The van der Waals surface area contributed by atoms with Gasteiger partial charge in [-0.1, -0.05) is 0 Å². The standard InChI is InChI=1S/C15H16ClN3OS/c1-2-20-14-4-3-12(7-11(14)8-16)17-9-13-10-19-5-6-21-15(19)18-13/h3-7,10,17H,2,8-9H2,1H3. The monoisotopic (exact) mass is 321 g/mol. The zero-order valence-corrected chi connectivity index (χ0v) is 13.2. The minimum absolute atomic E-state index is 0.436. The van der Waals surface area contributed by atoms with Crippen LogP contribution in [-0.2, 0) is 12.4 Å². The number of anilines is 1. The summed E-state index contributed by atoms with van der Waals surface area (Å²) in [7, 11) is 0. The predicted molar refractivity (Wildman–Crippen MR) is 87.6 cm³/mol. The Balaban J connectivity index is 1.71. The van der Waals surface area contributed by atoms with Crippen LogP contribution in [0.1, 0.15) is 18.2 Å². The molecule has 2 aromatic heterocycles. The van der Waals surface area contributed by atoms with Crippen molar-refractivity contribution in [3.63, 3.8) is 0 Å². The Morgan fingerprint density at radius 1 is 1.43 bits per heavy atom. The van der Waals surface area contributed by atoms with Gasteiger partial charge in [-0.05, 0) is 25.1 Å². The summed E-state index contributed by atoms with van der Waals surface area (Å²) in [5.74, 6) is 1.28. The van der Waals surface area contributed by atoms with Crippen molar-refractivity contribution in [2.75, 3.05) is 11.9 Å². The molecule has 0 aliphatic carbocycles. The Hall–Kier alpha value is -1.72. The summed E-state index contributed by atoms with van der Waals surface area (Å²) in [4.78, 5) is 5.56. The van der Waals surface area contributed by atoms with Crippen LogP contribution in [0, 0.1) is 0 Å². The second-order valence-corrected chi connectivity index (χ2v) is 5.71. The fraction of sp³-hybridized carbons (Fsp3) is 0.267. The minimum Gasteiger partial charge on any atom is -0.494 e. The molecule has 3 aromatic rings. The van der Waals surface area contributed by atoms with Crippen molar-refractivity contribution in [3.05, 3.63) is 47.2 Å². The maximum Gasteiger partial charge on any atom is 0.193 e. The third kappa shape index (κ3) is 3.14. The second kappa shape index (κ2) is 6.37. The van der Waals surface area contributed by atoms with Crippen LogP contribution < -0.4 is 10.1 Å². The van der Waals surface area contributed by atoms with Crippen LogP contribution in [-0.4, -0.2) is 16.0 Å². The zero-order chi connectivity index (χ0) is 14.7. The molecule has 1 aromatic carbocycles. The van der Waals surface area contributed by atoms with E-state index in [-0.39, 0.29) is 0 Å². The van der Waals surface area contributed by atoms with Crippen LogP contribution >= 0.6 is 22.9 Å². The third-order valence-electron chi connectivity index (χ3n) is 3.12. The first-order valence-electron chi connectivity index (χ1n) is 6.76. The van der Waals surface area contributed by atoms with E-state index < -0.39 is 0 Å². The van der Waals surface area contributed by atoms with Gasteiger partial charge in [0.05, 0.1) is 24.7 Å². The van der Waals surface area contributed by atoms with E-state index in [1.165, 1.54) is 0 Å². The maximum absolute atomic E-state index is 5.97. The SMILES string of the molecule is CCOc1ccc(NCc2cn3ccsc3n2)cc1CCl. The highest BCUT2D eigenvalue weighted by Crippen LogP contribution is 2.25. The molecule has 0 atom stereocenters. The number of hydrogen-bond donors (Lipinski definition) is 1. The van der Waals surface area contributed by atoms with Crippen LogP contribution in [0.25, 0.3) is 4.96 Å². The molecule has 0 saturated heterocycles. The van der Waals surface area contributed by atoms with Gasteiger partial charge in [-0.2, -0.15) is 0 Å². The first-order valence-corrected chi connectivity index (χ1v) is 8.18. The number of hydrogen-bond acceptors (Lipinski definition) is 4. The summed E-state index contributed by atoms with van der Waals surface area (Å²) in [5.41, 5.74) is 3.03. The molecule has 110 valence electrons. The van der Waals surface area contributed by atoms with Crippen LogP contribution in [0.3, 0.4) is 0 Å². The average molecular weight is 322 g/mol. The number of rotatable bonds is 6. The molecule has 0 aliphatic heterocycles. The second-order valence-electron chi connectivity index (χ2n) is 4.57. The number of ether oxygens (including phenoxy) is 1. The number of thiazole rings is 1. The topological polar surface area (TPSA) is 38.6 Å². The van der Waals surface area contributed by atoms with Crippen LogP contribution in [0.2, 0.25) is 0 Å². The molecule has 0 amide bonds. The van der Waals surface area contributed by atoms with Crippen LogP contribution in [0.15, 0.2) is 36.0 Å². The number of aromatic nitrogens is 2. The number of nitrogens with zero attached hydrogens (tertiary/aromatic N) is 2. The zero-order valence-electron chi connectivity index (χ0n) is 11.7. The van der Waals surface area contributed by atoms with Crippen molar-refractivity contribution in [2.24, 2.45) is 0 Å². The largest absolute Gasteiger partial charge is 0.494 e. The van der Waals surface area contributed by atoms with Gasteiger partial charge >= 0.3 is 0 Å². The molecule has 0 unspecified atom stereocenters. The maximum atomic E-state index is 5.97. The molecule has 0 saturated carbocycles. The van der Waals surface area contributed by atoms with Crippen molar-refractivity contribution in [1.29, 1.82) is 0 Å². The van der Waals surface area contributed by atoms with E-state index >= 15 is 0 Å². The molecule has 0 aliphatic rings. The fourth-order valence-electron chi connectivity index (χ4n) is 2.14. The quantitative estimate of drug-likeness (QED) is 0.693. The van der Waals surface area contributed by atoms with E-state index in [1.54, 1.807) is 11.3 Å². The van der Waals surface area contributed by atoms with Crippen molar-refractivity contribution < 1.29 is 4.74 Å². The normalized spacial score (nSPS) is 11.0. The van der Waals surface area contributed by atoms with Gasteiger partial charge in [-0.3, -0.25) is 4.40 Å². The minimum atomic E-state index is 0.436. The van der Waals surface area contributed by atoms with Gasteiger partial charge < -0.3 is 10.1 Å². The van der Waals surface area contributed by atoms with E-state index in [2.05, 4.69) is 10.3 Å². The molecule has 0 fully saturated rings. The summed E-state index contributed by atoms with van der Waals surface area (Å²) < 4.78 is 7.58. The highest BCUT2D eigenvalue weighted by molar-refractivity contribution is 7.15. The summed E-state index contributed by atoms with van der Waals surface area (Å²) >= 11 is 7.61. The van der Waals surface area contributed by atoms with E-state index in [0.29, 0.717) is 19.0 Å². The molecule has 1 N–H and O–H groups in total. The highest BCUT2D eigenvalue weighted by atomic mass is 35.5. The smallest absolute Gasteiger partial charge is 0.193 e. The average Bonchev–Trinajstić information content (AvgIpc) is 3.07. The lowest BCUT2D eigenvalue weighted by Crippen LogP contribution is -2.01. The number of nitrogens with one attached hydrogen (secondary N) is 1. The Morgan fingerprint density at radius 3 is 3.10 bits per heavy atom. The number of alkyl halides is 1. The van der Waals surface area contributed by atoms with Gasteiger partial charge in [-0.15, -0.1) is 22.9 Å². The predicted octanol–water partition coefficient (Wildman–Crippen LogP) is 4.15. The molecular formula is C15H16ClN3OS. The number of halogens is 1. The van der Waals surface area contributed by atoms with Gasteiger partial charge in [-0.25, -0.2) is 4.98 Å². The third-order valence-corrected chi connectivity index (χ3v) is 4.18. The highest BCUT2D eigenvalue weighted by Gasteiger charge is 2.06. The van der Waals surface area contributed by atoms with Crippen LogP contribution in [0.5, 0.6) is 5.75 Å². The molecule has 0 bridgehead atoms. The Labute approximate surface area is 132 Å². The summed E-state index contributed by atoms with van der Waals surface area (Å²) in [6.07, 6.45) is 4.05. The van der Waals surface area contributed by atoms with Crippen molar-refractivity contribution in [2.45, 2.75) is 19.3 Å². The van der Waals surface area contributed by atoms with Crippen molar-refractivity contribution in [1.82, 2.24) is 9.38 Å². The Bertz CT molecular complexity index is 709. The first-order chi connectivity index (χ1) is 10.3. The first kappa shape index (κ1) is 14.2. The van der Waals surface area contributed by atoms with Gasteiger partial charge in [0.2, 0.25) is 0 Å². The molecule has 0 radical (unpaired) electrons. The molecule has 2 heterocycles. The summed E-state index contributed by atoms with van der Waals surface area (Å²) in [6, 6.07) is 5.98. The van der Waals surface area contributed by atoms with E-state index in [4.69, 9.17) is 16.3 Å². The lowest BCUT2D eigenvalue weighted by Gasteiger charge is -2.11. The van der Waals surface area contributed by atoms with E-state index in [1.807, 2.05) is 47.3 Å². The van der Waals surface area contributed by atoms with Gasteiger partial charge in [0.1, 0.15) is 5.75 Å². The molecule has 6 heteroatoms. The molecular weight excluding hydrogens is 306 g/mol. The van der Waals surface area contributed by atoms with Gasteiger partial charge in [0.15, 0.2) is 4.96 Å². The molecule has 21 heavy (non-hydrogen) atoms. The van der Waals surface area contributed by atoms with Gasteiger partial charge in [0, 0.05) is 29.0 Å². The van der Waals surface area contributed by atoms with Crippen molar-refractivity contribution >= 4 is 33.6 Å².